The van der Waals surface area contributed by atoms with Crippen LogP contribution in [0.1, 0.15) is 0 Å². The summed E-state index contributed by atoms with van der Waals surface area (Å²) in [5, 5.41) is 2.38. The van der Waals surface area contributed by atoms with Gasteiger partial charge in [-0.3, -0.25) is 0 Å². The van der Waals surface area contributed by atoms with Crippen LogP contribution in [0.5, 0.6) is 0 Å². The van der Waals surface area contributed by atoms with E-state index >= 15 is 0 Å². The first-order valence-corrected chi connectivity index (χ1v) is 6.49. The van der Waals surface area contributed by atoms with Gasteiger partial charge in [0.1, 0.15) is 11.3 Å². The van der Waals surface area contributed by atoms with Gasteiger partial charge < -0.3 is 4.98 Å². The lowest BCUT2D eigenvalue weighted by Crippen LogP contribution is -2.29. The number of nitrogens with zero attached hydrogens (tertiary/aromatic N) is 1. The molecule has 0 aliphatic heterocycles. The summed E-state index contributed by atoms with van der Waals surface area (Å²) in [6.45, 7) is 0. The van der Waals surface area contributed by atoms with Crippen molar-refractivity contribution in [1.29, 1.82) is 0 Å². The lowest BCUT2D eigenvalue weighted by molar-refractivity contribution is -0.594. The molecule has 0 aliphatic rings. The van der Waals surface area contributed by atoms with Gasteiger partial charge in [0, 0.05) is 34.5 Å². The number of hydrogen-bond acceptors (Lipinski definition) is 0. The standard InChI is InChI=1S/C17H11FN2/c18-12-4-3-5-13(10-12)20-9-8-15-14-6-1-2-7-16(14)19-17(15)11-20/h1-11H/p+1. The number of rotatable bonds is 1. The topological polar surface area (TPSA) is 19.7 Å². The molecule has 0 unspecified atom stereocenters. The summed E-state index contributed by atoms with van der Waals surface area (Å²) < 4.78 is 15.2. The fourth-order valence-corrected chi connectivity index (χ4v) is 2.60. The molecule has 0 amide bonds. The fourth-order valence-electron chi connectivity index (χ4n) is 2.60. The first-order valence-electron chi connectivity index (χ1n) is 6.49. The quantitative estimate of drug-likeness (QED) is 0.505. The van der Waals surface area contributed by atoms with Crippen molar-refractivity contribution in [1.82, 2.24) is 4.98 Å². The summed E-state index contributed by atoms with van der Waals surface area (Å²) in [6.07, 6.45) is 3.95. The number of nitrogens with one attached hydrogen (secondary N) is 1. The van der Waals surface area contributed by atoms with E-state index in [1.54, 1.807) is 6.07 Å². The molecule has 4 rings (SSSR count). The molecule has 0 fully saturated rings. The Hall–Kier alpha value is -2.68. The first kappa shape index (κ1) is 11.2. The second-order valence-corrected chi connectivity index (χ2v) is 4.83. The molecule has 20 heavy (non-hydrogen) atoms. The molecule has 0 aliphatic carbocycles. The van der Waals surface area contributed by atoms with Crippen LogP contribution in [-0.2, 0) is 0 Å². The third-order valence-corrected chi connectivity index (χ3v) is 3.55. The molecule has 1 N–H and O–H groups in total. The van der Waals surface area contributed by atoms with Crippen molar-refractivity contribution >= 4 is 21.8 Å². The number of benzene rings is 2. The molecule has 96 valence electrons. The van der Waals surface area contributed by atoms with Gasteiger partial charge in [-0.1, -0.05) is 24.3 Å². The smallest absolute Gasteiger partial charge is 0.213 e. The van der Waals surface area contributed by atoms with E-state index in [1.165, 1.54) is 22.9 Å². The zero-order valence-electron chi connectivity index (χ0n) is 10.7. The zero-order chi connectivity index (χ0) is 13.5. The van der Waals surface area contributed by atoms with E-state index in [0.717, 1.165) is 16.7 Å². The van der Waals surface area contributed by atoms with Crippen molar-refractivity contribution in [2.75, 3.05) is 0 Å². The highest BCUT2D eigenvalue weighted by Crippen LogP contribution is 2.23. The van der Waals surface area contributed by atoms with Crippen molar-refractivity contribution in [3.8, 4) is 5.69 Å². The van der Waals surface area contributed by atoms with Crippen molar-refractivity contribution < 1.29 is 8.96 Å². The molecule has 0 atom stereocenters. The van der Waals surface area contributed by atoms with Crippen LogP contribution in [0.25, 0.3) is 27.5 Å². The van der Waals surface area contributed by atoms with Gasteiger partial charge in [-0.15, -0.1) is 0 Å². The van der Waals surface area contributed by atoms with Gasteiger partial charge in [-0.05, 0) is 12.1 Å². The number of fused-ring (bicyclic) bond motifs is 3. The molecular formula is C17H12FN2+. The highest BCUT2D eigenvalue weighted by atomic mass is 19.1. The summed E-state index contributed by atoms with van der Waals surface area (Å²) in [4.78, 5) is 3.39. The Morgan fingerprint density at radius 2 is 1.70 bits per heavy atom. The fraction of sp³-hybridized carbons (Fsp3) is 0. The average molecular weight is 263 g/mol. The Bertz CT molecular complexity index is 924. The number of aromatic nitrogens is 2. The molecule has 2 aromatic carbocycles. The largest absolute Gasteiger partial charge is 0.350 e. The Kier molecular flexibility index (Phi) is 2.33. The van der Waals surface area contributed by atoms with Gasteiger partial charge in [-0.2, -0.15) is 4.57 Å². The molecule has 0 saturated carbocycles. The van der Waals surface area contributed by atoms with Crippen molar-refractivity contribution in [3.63, 3.8) is 0 Å². The van der Waals surface area contributed by atoms with Crippen LogP contribution in [0.2, 0.25) is 0 Å². The molecule has 0 radical (unpaired) electrons. The summed E-state index contributed by atoms with van der Waals surface area (Å²) in [5.41, 5.74) is 2.96. The normalized spacial score (nSPS) is 11.2. The van der Waals surface area contributed by atoms with Gasteiger partial charge in [-0.25, -0.2) is 4.39 Å². The molecule has 4 aromatic rings. The summed E-state index contributed by atoms with van der Waals surface area (Å²) >= 11 is 0. The Morgan fingerprint density at radius 1 is 0.850 bits per heavy atom. The summed E-state index contributed by atoms with van der Waals surface area (Å²) in [5.74, 6) is -0.230. The van der Waals surface area contributed by atoms with Crippen LogP contribution in [-0.4, -0.2) is 4.98 Å². The molecule has 2 heterocycles. The summed E-state index contributed by atoms with van der Waals surface area (Å²) in [6, 6.07) is 16.8. The number of hydrogen-bond donors (Lipinski definition) is 1. The van der Waals surface area contributed by atoms with Crippen LogP contribution >= 0.6 is 0 Å². The Labute approximate surface area is 115 Å². The first-order chi connectivity index (χ1) is 9.81. The maximum absolute atomic E-state index is 13.3. The number of para-hydroxylation sites is 1. The third-order valence-electron chi connectivity index (χ3n) is 3.55. The Balaban J connectivity index is 1.97. The van der Waals surface area contributed by atoms with Crippen molar-refractivity contribution in [2.45, 2.75) is 0 Å². The molecule has 0 spiro atoms. The number of pyridine rings is 1. The van der Waals surface area contributed by atoms with E-state index in [1.807, 2.05) is 35.2 Å². The van der Waals surface area contributed by atoms with Crippen LogP contribution in [0.15, 0.2) is 67.0 Å². The van der Waals surface area contributed by atoms with Gasteiger partial charge in [0.05, 0.1) is 0 Å². The predicted molar refractivity (Wildman–Crippen MR) is 77.3 cm³/mol. The Morgan fingerprint density at radius 3 is 2.60 bits per heavy atom. The lowest BCUT2D eigenvalue weighted by atomic mass is 10.2. The van der Waals surface area contributed by atoms with Gasteiger partial charge >= 0.3 is 0 Å². The average Bonchev–Trinajstić information content (AvgIpc) is 2.85. The zero-order valence-corrected chi connectivity index (χ0v) is 10.7. The minimum absolute atomic E-state index is 0.230. The summed E-state index contributed by atoms with van der Waals surface area (Å²) in [7, 11) is 0. The van der Waals surface area contributed by atoms with E-state index in [0.29, 0.717) is 0 Å². The van der Waals surface area contributed by atoms with Crippen LogP contribution in [0.3, 0.4) is 0 Å². The van der Waals surface area contributed by atoms with Crippen LogP contribution in [0.4, 0.5) is 4.39 Å². The maximum Gasteiger partial charge on any atom is 0.213 e. The molecule has 2 nitrogen and oxygen atoms in total. The van der Waals surface area contributed by atoms with E-state index in [9.17, 15) is 4.39 Å². The van der Waals surface area contributed by atoms with Crippen molar-refractivity contribution in [3.05, 3.63) is 72.8 Å². The van der Waals surface area contributed by atoms with E-state index in [4.69, 9.17) is 0 Å². The molecule has 3 heteroatoms. The minimum Gasteiger partial charge on any atom is -0.350 e. The molecule has 0 saturated heterocycles. The number of aromatic amines is 1. The van der Waals surface area contributed by atoms with E-state index < -0.39 is 0 Å². The van der Waals surface area contributed by atoms with Crippen LogP contribution < -0.4 is 4.57 Å². The van der Waals surface area contributed by atoms with Gasteiger partial charge in [0.2, 0.25) is 5.69 Å². The highest BCUT2D eigenvalue weighted by molar-refractivity contribution is 6.06. The second kappa shape index (κ2) is 4.17. The highest BCUT2D eigenvalue weighted by Gasteiger charge is 2.11. The SMILES string of the molecule is Fc1cccc(-[n+]2ccc3c(c2)[nH]c2ccccc23)c1. The molecular weight excluding hydrogens is 251 g/mol. The van der Waals surface area contributed by atoms with Gasteiger partial charge in [0.25, 0.3) is 0 Å². The van der Waals surface area contributed by atoms with E-state index in [2.05, 4.69) is 23.2 Å². The van der Waals surface area contributed by atoms with E-state index in [-0.39, 0.29) is 5.82 Å². The van der Waals surface area contributed by atoms with Gasteiger partial charge in [0.15, 0.2) is 12.4 Å². The molecule has 0 bridgehead atoms. The maximum atomic E-state index is 13.3. The minimum atomic E-state index is -0.230. The van der Waals surface area contributed by atoms with Crippen LogP contribution in [0, 0.1) is 5.82 Å². The number of halogens is 1. The monoisotopic (exact) mass is 263 g/mol. The molecule has 2 aromatic heterocycles. The predicted octanol–water partition coefficient (Wildman–Crippen LogP) is 3.74. The lowest BCUT2D eigenvalue weighted by Gasteiger charge is -1.96. The second-order valence-electron chi connectivity index (χ2n) is 4.83. The third kappa shape index (κ3) is 1.67. The number of H-pyrrole nitrogens is 1. The van der Waals surface area contributed by atoms with Crippen molar-refractivity contribution in [2.24, 2.45) is 0 Å².